The Bertz CT molecular complexity index is 388. The summed E-state index contributed by atoms with van der Waals surface area (Å²) in [5.41, 5.74) is 0. The van der Waals surface area contributed by atoms with Gasteiger partial charge in [-0.3, -0.25) is 0 Å². The third-order valence-electron chi connectivity index (χ3n) is 4.37. The summed E-state index contributed by atoms with van der Waals surface area (Å²) in [7, 11) is 0. The summed E-state index contributed by atoms with van der Waals surface area (Å²) in [5, 5.41) is 3.68. The number of nitrogens with one attached hydrogen (secondary N) is 1. The predicted molar refractivity (Wildman–Crippen MR) is 90.8 cm³/mol. The van der Waals surface area contributed by atoms with Crippen LogP contribution in [0.15, 0.2) is 12.1 Å². The number of halogens is 1. The van der Waals surface area contributed by atoms with Crippen LogP contribution < -0.4 is 5.32 Å². The first-order valence-electron chi connectivity index (χ1n) is 8.10. The molecule has 114 valence electrons. The highest BCUT2D eigenvalue weighted by Gasteiger charge is 2.24. The molecule has 1 aliphatic rings. The highest BCUT2D eigenvalue weighted by Crippen LogP contribution is 2.33. The number of thiophene rings is 1. The van der Waals surface area contributed by atoms with Gasteiger partial charge in [-0.25, -0.2) is 0 Å². The minimum absolute atomic E-state index is 0.746. The molecule has 0 radical (unpaired) electrons. The number of hydrogen-bond donors (Lipinski definition) is 1. The van der Waals surface area contributed by atoms with Gasteiger partial charge in [0.05, 0.1) is 4.34 Å². The van der Waals surface area contributed by atoms with Crippen LogP contribution in [0, 0.1) is 17.8 Å². The highest BCUT2D eigenvalue weighted by atomic mass is 35.5. The molecule has 20 heavy (non-hydrogen) atoms. The largest absolute Gasteiger partial charge is 0.316 e. The van der Waals surface area contributed by atoms with Crippen LogP contribution >= 0.6 is 22.9 Å². The van der Waals surface area contributed by atoms with Crippen molar-refractivity contribution >= 4 is 22.9 Å². The molecule has 0 aromatic carbocycles. The fraction of sp³-hybridized carbons (Fsp3) is 0.765. The second-order valence-electron chi connectivity index (χ2n) is 6.62. The maximum atomic E-state index is 6.07. The molecule has 1 heterocycles. The van der Waals surface area contributed by atoms with Gasteiger partial charge in [-0.15, -0.1) is 11.3 Å². The van der Waals surface area contributed by atoms with Crippen molar-refractivity contribution in [3.63, 3.8) is 0 Å². The molecule has 1 aliphatic carbocycles. The third kappa shape index (κ3) is 5.38. The molecule has 0 aliphatic heterocycles. The van der Waals surface area contributed by atoms with Crippen molar-refractivity contribution in [3.8, 4) is 0 Å². The molecule has 0 bridgehead atoms. The molecule has 1 N–H and O–H groups in total. The zero-order valence-electron chi connectivity index (χ0n) is 12.8. The van der Waals surface area contributed by atoms with Gasteiger partial charge in [-0.2, -0.15) is 0 Å². The standard InChI is InChI=1S/C17H28ClNS/c1-13(2)11-19-12-15-7-5-3-4-6-14(15)10-16-8-9-17(18)20-16/h8-9,13-15,19H,3-7,10-12H2,1-2H3. The first kappa shape index (κ1) is 16.3. The van der Waals surface area contributed by atoms with E-state index in [0.29, 0.717) is 0 Å². The van der Waals surface area contributed by atoms with Crippen LogP contribution in [0.1, 0.15) is 50.8 Å². The van der Waals surface area contributed by atoms with Crippen molar-refractivity contribution in [2.75, 3.05) is 13.1 Å². The average Bonchev–Trinajstić information content (AvgIpc) is 2.67. The molecule has 0 saturated heterocycles. The Hall–Kier alpha value is -0.0500. The summed E-state index contributed by atoms with van der Waals surface area (Å²) in [5.74, 6) is 2.43. The van der Waals surface area contributed by atoms with Gasteiger partial charge < -0.3 is 5.32 Å². The lowest BCUT2D eigenvalue weighted by molar-refractivity contribution is 0.295. The van der Waals surface area contributed by atoms with Gasteiger partial charge in [0.15, 0.2) is 0 Å². The van der Waals surface area contributed by atoms with Crippen molar-refractivity contribution in [1.82, 2.24) is 5.32 Å². The topological polar surface area (TPSA) is 12.0 Å². The fourth-order valence-corrected chi connectivity index (χ4v) is 4.46. The molecule has 1 fully saturated rings. The Kier molecular flexibility index (Phi) is 6.86. The minimum Gasteiger partial charge on any atom is -0.316 e. The van der Waals surface area contributed by atoms with Crippen LogP contribution in [0.3, 0.4) is 0 Å². The molecule has 3 heteroatoms. The van der Waals surface area contributed by atoms with E-state index in [1.165, 1.54) is 49.9 Å². The van der Waals surface area contributed by atoms with Gasteiger partial charge in [-0.1, -0.05) is 44.7 Å². The average molecular weight is 314 g/mol. The van der Waals surface area contributed by atoms with Crippen LogP contribution in [-0.4, -0.2) is 13.1 Å². The first-order chi connectivity index (χ1) is 9.65. The zero-order valence-corrected chi connectivity index (χ0v) is 14.4. The van der Waals surface area contributed by atoms with Crippen LogP contribution in [0.25, 0.3) is 0 Å². The second kappa shape index (κ2) is 8.41. The second-order valence-corrected chi connectivity index (χ2v) is 8.42. The third-order valence-corrected chi connectivity index (χ3v) is 5.62. The van der Waals surface area contributed by atoms with Crippen molar-refractivity contribution in [2.45, 2.75) is 52.4 Å². The van der Waals surface area contributed by atoms with E-state index in [0.717, 1.165) is 28.6 Å². The highest BCUT2D eigenvalue weighted by molar-refractivity contribution is 7.16. The monoisotopic (exact) mass is 313 g/mol. The van der Waals surface area contributed by atoms with E-state index < -0.39 is 0 Å². The van der Waals surface area contributed by atoms with Gasteiger partial charge in [0.2, 0.25) is 0 Å². The molecule has 1 saturated carbocycles. The Morgan fingerprint density at radius 2 is 1.95 bits per heavy atom. The minimum atomic E-state index is 0.746. The maximum absolute atomic E-state index is 6.07. The van der Waals surface area contributed by atoms with E-state index in [-0.39, 0.29) is 0 Å². The van der Waals surface area contributed by atoms with E-state index in [1.807, 2.05) is 6.07 Å². The van der Waals surface area contributed by atoms with Crippen molar-refractivity contribution in [3.05, 3.63) is 21.3 Å². The summed E-state index contributed by atoms with van der Waals surface area (Å²) in [6.07, 6.45) is 8.26. The summed E-state index contributed by atoms with van der Waals surface area (Å²) in [6, 6.07) is 4.26. The molecule has 1 aromatic rings. The van der Waals surface area contributed by atoms with E-state index in [4.69, 9.17) is 11.6 Å². The molecule has 0 spiro atoms. The van der Waals surface area contributed by atoms with Crippen molar-refractivity contribution < 1.29 is 0 Å². The fourth-order valence-electron chi connectivity index (χ4n) is 3.28. The number of hydrogen-bond acceptors (Lipinski definition) is 2. The maximum Gasteiger partial charge on any atom is 0.0931 e. The molecule has 2 atom stereocenters. The molecular formula is C17H28ClNS. The van der Waals surface area contributed by atoms with Crippen LogP contribution in [-0.2, 0) is 6.42 Å². The lowest BCUT2D eigenvalue weighted by Crippen LogP contribution is -2.31. The van der Waals surface area contributed by atoms with Gasteiger partial charge in [-0.05, 0) is 62.2 Å². The summed E-state index contributed by atoms with van der Waals surface area (Å²) in [4.78, 5) is 1.47. The van der Waals surface area contributed by atoms with Gasteiger partial charge in [0.1, 0.15) is 0 Å². The lowest BCUT2D eigenvalue weighted by atomic mass is 9.85. The summed E-state index contributed by atoms with van der Waals surface area (Å²) in [6.45, 7) is 6.91. The molecule has 2 rings (SSSR count). The quantitative estimate of drug-likeness (QED) is 0.695. The van der Waals surface area contributed by atoms with E-state index >= 15 is 0 Å². The Balaban J connectivity index is 1.90. The molecular weight excluding hydrogens is 286 g/mol. The SMILES string of the molecule is CC(C)CNCC1CCCCCC1Cc1ccc(Cl)s1. The van der Waals surface area contributed by atoms with Crippen LogP contribution in [0.2, 0.25) is 4.34 Å². The zero-order chi connectivity index (χ0) is 14.4. The molecule has 0 amide bonds. The normalized spacial score (nSPS) is 24.0. The summed E-state index contributed by atoms with van der Waals surface area (Å²) >= 11 is 7.84. The Morgan fingerprint density at radius 1 is 1.20 bits per heavy atom. The van der Waals surface area contributed by atoms with Gasteiger partial charge >= 0.3 is 0 Å². The van der Waals surface area contributed by atoms with Gasteiger partial charge in [0.25, 0.3) is 0 Å². The first-order valence-corrected chi connectivity index (χ1v) is 9.29. The predicted octanol–water partition coefficient (Wildman–Crippen LogP) is 5.39. The molecule has 1 aromatic heterocycles. The summed E-state index contributed by atoms with van der Waals surface area (Å²) < 4.78 is 0.933. The smallest absolute Gasteiger partial charge is 0.0931 e. The number of rotatable bonds is 6. The van der Waals surface area contributed by atoms with Gasteiger partial charge in [0, 0.05) is 4.88 Å². The van der Waals surface area contributed by atoms with Crippen LogP contribution in [0.5, 0.6) is 0 Å². The molecule has 1 nitrogen and oxygen atoms in total. The Morgan fingerprint density at radius 3 is 2.60 bits per heavy atom. The molecule has 2 unspecified atom stereocenters. The Labute approximate surface area is 133 Å². The van der Waals surface area contributed by atoms with E-state index in [1.54, 1.807) is 11.3 Å². The van der Waals surface area contributed by atoms with E-state index in [2.05, 4.69) is 25.2 Å². The van der Waals surface area contributed by atoms with Crippen molar-refractivity contribution in [1.29, 1.82) is 0 Å². The van der Waals surface area contributed by atoms with Crippen LogP contribution in [0.4, 0.5) is 0 Å². The van der Waals surface area contributed by atoms with Crippen molar-refractivity contribution in [2.24, 2.45) is 17.8 Å². The van der Waals surface area contributed by atoms with E-state index in [9.17, 15) is 0 Å². The lowest BCUT2D eigenvalue weighted by Gasteiger charge is -2.25.